The first kappa shape index (κ1) is 18.1. The minimum absolute atomic E-state index is 0.0331. The molecule has 8 heteroatoms. The van der Waals surface area contributed by atoms with Gasteiger partial charge in [0, 0.05) is 19.7 Å². The van der Waals surface area contributed by atoms with Crippen LogP contribution in [0.15, 0.2) is 47.4 Å². The van der Waals surface area contributed by atoms with Crippen LogP contribution in [0.25, 0.3) is 0 Å². The molecule has 0 saturated heterocycles. The molecular formula is C16H18N2O5S. The Morgan fingerprint density at radius 2 is 1.83 bits per heavy atom. The van der Waals surface area contributed by atoms with Crippen molar-refractivity contribution in [1.82, 2.24) is 4.72 Å². The molecule has 0 aromatic heterocycles. The molecule has 24 heavy (non-hydrogen) atoms. The lowest BCUT2D eigenvalue weighted by Crippen LogP contribution is -2.25. The van der Waals surface area contributed by atoms with Crippen molar-refractivity contribution in [2.45, 2.75) is 25.0 Å². The quantitative estimate of drug-likeness (QED) is 0.611. The number of ether oxygens (including phenoxy) is 1. The Hall–Kier alpha value is -2.29. The second kappa shape index (κ2) is 7.52. The van der Waals surface area contributed by atoms with Gasteiger partial charge in [0.25, 0.3) is 5.69 Å². The van der Waals surface area contributed by atoms with Gasteiger partial charge < -0.3 is 4.74 Å². The van der Waals surface area contributed by atoms with Crippen LogP contribution in [0.2, 0.25) is 0 Å². The molecule has 0 saturated carbocycles. The van der Waals surface area contributed by atoms with Gasteiger partial charge in [-0.1, -0.05) is 36.4 Å². The van der Waals surface area contributed by atoms with Crippen molar-refractivity contribution < 1.29 is 18.1 Å². The number of nitro benzene ring substituents is 1. The van der Waals surface area contributed by atoms with Gasteiger partial charge in [0.2, 0.25) is 10.0 Å². The molecule has 128 valence electrons. The first-order valence-corrected chi connectivity index (χ1v) is 8.64. The summed E-state index contributed by atoms with van der Waals surface area (Å²) in [7, 11) is -2.44. The van der Waals surface area contributed by atoms with Gasteiger partial charge in [0.1, 0.15) is 0 Å². The smallest absolute Gasteiger partial charge is 0.289 e. The third-order valence-electron chi connectivity index (χ3n) is 3.43. The Kier molecular flexibility index (Phi) is 5.66. The van der Waals surface area contributed by atoms with Gasteiger partial charge in [0.05, 0.1) is 11.5 Å². The summed E-state index contributed by atoms with van der Waals surface area (Å²) in [4.78, 5) is 10.1. The van der Waals surface area contributed by atoms with Crippen molar-refractivity contribution in [3.8, 4) is 0 Å². The van der Waals surface area contributed by atoms with Crippen molar-refractivity contribution in [3.05, 3.63) is 69.3 Å². The van der Waals surface area contributed by atoms with E-state index >= 15 is 0 Å². The van der Waals surface area contributed by atoms with Gasteiger partial charge in [0.15, 0.2) is 4.90 Å². The molecule has 0 bridgehead atoms. The average Bonchev–Trinajstić information content (AvgIpc) is 2.53. The highest BCUT2D eigenvalue weighted by Crippen LogP contribution is 2.26. The number of aryl methyl sites for hydroxylation is 1. The lowest BCUT2D eigenvalue weighted by molar-refractivity contribution is -0.387. The van der Waals surface area contributed by atoms with Crippen LogP contribution < -0.4 is 4.72 Å². The third kappa shape index (κ3) is 4.16. The van der Waals surface area contributed by atoms with Crippen LogP contribution in [-0.2, 0) is 27.9 Å². The van der Waals surface area contributed by atoms with E-state index in [0.717, 1.165) is 11.1 Å². The number of rotatable bonds is 7. The van der Waals surface area contributed by atoms with Crippen molar-refractivity contribution in [2.75, 3.05) is 7.11 Å². The van der Waals surface area contributed by atoms with Crippen LogP contribution in [-0.4, -0.2) is 20.5 Å². The van der Waals surface area contributed by atoms with Gasteiger partial charge >= 0.3 is 0 Å². The summed E-state index contributed by atoms with van der Waals surface area (Å²) < 4.78 is 32.5. The summed E-state index contributed by atoms with van der Waals surface area (Å²) in [5.41, 5.74) is 1.54. The van der Waals surface area contributed by atoms with Crippen LogP contribution in [0.4, 0.5) is 5.69 Å². The summed E-state index contributed by atoms with van der Waals surface area (Å²) in [6.07, 6.45) is 0. The lowest BCUT2D eigenvalue weighted by Gasteiger charge is -2.10. The van der Waals surface area contributed by atoms with Gasteiger partial charge in [-0.2, -0.15) is 0 Å². The highest BCUT2D eigenvalue weighted by molar-refractivity contribution is 7.89. The van der Waals surface area contributed by atoms with E-state index in [4.69, 9.17) is 4.74 Å². The molecule has 2 rings (SSSR count). The molecule has 0 radical (unpaired) electrons. The Morgan fingerprint density at radius 1 is 1.17 bits per heavy atom. The Morgan fingerprint density at radius 3 is 2.50 bits per heavy atom. The molecule has 7 nitrogen and oxygen atoms in total. The average molecular weight is 350 g/mol. The zero-order valence-electron chi connectivity index (χ0n) is 13.4. The van der Waals surface area contributed by atoms with Crippen LogP contribution in [0, 0.1) is 17.0 Å². The number of nitro groups is 1. The fourth-order valence-electron chi connectivity index (χ4n) is 2.38. The lowest BCUT2D eigenvalue weighted by atomic mass is 10.1. The summed E-state index contributed by atoms with van der Waals surface area (Å²) in [5.74, 6) is 0. The molecule has 2 aromatic rings. The number of methoxy groups -OCH3 is 1. The highest BCUT2D eigenvalue weighted by atomic mass is 32.2. The van der Waals surface area contributed by atoms with E-state index in [1.807, 2.05) is 12.1 Å². The van der Waals surface area contributed by atoms with E-state index in [0.29, 0.717) is 12.2 Å². The minimum Gasteiger partial charge on any atom is -0.380 e. The molecular weight excluding hydrogens is 332 g/mol. The summed E-state index contributed by atoms with van der Waals surface area (Å²) in [6, 6.07) is 11.4. The monoisotopic (exact) mass is 350 g/mol. The number of hydrogen-bond acceptors (Lipinski definition) is 5. The van der Waals surface area contributed by atoms with E-state index in [1.54, 1.807) is 19.2 Å². The molecule has 0 aliphatic rings. The van der Waals surface area contributed by atoms with Gasteiger partial charge in [-0.15, -0.1) is 0 Å². The SMILES string of the molecule is COCc1cccc(CNS(=O)(=O)c2c(C)cccc2[N+](=O)[O-])c1. The molecule has 0 fully saturated rings. The Balaban J connectivity index is 2.27. The summed E-state index contributed by atoms with van der Waals surface area (Å²) >= 11 is 0. The maximum atomic E-state index is 12.5. The van der Waals surface area contributed by atoms with Gasteiger partial charge in [-0.3, -0.25) is 10.1 Å². The zero-order chi connectivity index (χ0) is 17.7. The number of nitrogens with one attached hydrogen (secondary N) is 1. The van der Waals surface area contributed by atoms with Crippen molar-refractivity contribution in [2.24, 2.45) is 0 Å². The second-order valence-electron chi connectivity index (χ2n) is 5.26. The first-order chi connectivity index (χ1) is 11.3. The van der Waals surface area contributed by atoms with Crippen LogP contribution in [0.5, 0.6) is 0 Å². The molecule has 0 aliphatic heterocycles. The maximum Gasteiger partial charge on any atom is 0.289 e. The largest absolute Gasteiger partial charge is 0.380 e. The normalized spacial score (nSPS) is 11.4. The van der Waals surface area contributed by atoms with Gasteiger partial charge in [-0.05, 0) is 23.6 Å². The topological polar surface area (TPSA) is 98.5 Å². The number of nitrogens with zero attached hydrogens (tertiary/aromatic N) is 1. The maximum absolute atomic E-state index is 12.5. The predicted molar refractivity (Wildman–Crippen MR) is 89.0 cm³/mol. The van der Waals surface area contributed by atoms with Crippen LogP contribution in [0.3, 0.4) is 0 Å². The molecule has 2 aromatic carbocycles. The second-order valence-corrected chi connectivity index (χ2v) is 6.96. The fraction of sp³-hybridized carbons (Fsp3) is 0.250. The molecule has 0 atom stereocenters. The van der Waals surface area contributed by atoms with Crippen molar-refractivity contribution >= 4 is 15.7 Å². The molecule has 1 N–H and O–H groups in total. The molecule has 0 amide bonds. The van der Waals surface area contributed by atoms with E-state index in [2.05, 4.69) is 4.72 Å². The van der Waals surface area contributed by atoms with E-state index < -0.39 is 20.6 Å². The summed E-state index contributed by atoms with van der Waals surface area (Å²) in [5, 5.41) is 11.1. The standard InChI is InChI=1S/C16H18N2O5S/c1-12-5-3-8-15(18(19)20)16(12)24(21,22)17-10-13-6-4-7-14(9-13)11-23-2/h3-9,17H,10-11H2,1-2H3. The van der Waals surface area contributed by atoms with Crippen molar-refractivity contribution in [1.29, 1.82) is 0 Å². The zero-order valence-corrected chi connectivity index (χ0v) is 14.2. The van der Waals surface area contributed by atoms with E-state index in [1.165, 1.54) is 25.1 Å². The van der Waals surface area contributed by atoms with Crippen LogP contribution >= 0.6 is 0 Å². The van der Waals surface area contributed by atoms with E-state index in [-0.39, 0.29) is 11.4 Å². The van der Waals surface area contributed by atoms with Crippen molar-refractivity contribution in [3.63, 3.8) is 0 Å². The number of hydrogen-bond donors (Lipinski definition) is 1. The predicted octanol–water partition coefficient (Wildman–Crippen LogP) is 2.53. The molecule has 0 heterocycles. The Bertz CT molecular complexity index is 849. The minimum atomic E-state index is -4.01. The Labute approximate surface area is 140 Å². The summed E-state index contributed by atoms with van der Waals surface area (Å²) in [6.45, 7) is 1.98. The van der Waals surface area contributed by atoms with E-state index in [9.17, 15) is 18.5 Å². The van der Waals surface area contributed by atoms with Gasteiger partial charge in [-0.25, -0.2) is 13.1 Å². The number of sulfonamides is 1. The van der Waals surface area contributed by atoms with Crippen LogP contribution in [0.1, 0.15) is 16.7 Å². The molecule has 0 aliphatic carbocycles. The highest BCUT2D eigenvalue weighted by Gasteiger charge is 2.27. The first-order valence-electron chi connectivity index (χ1n) is 7.15. The number of benzene rings is 2. The third-order valence-corrected chi connectivity index (χ3v) is 5.02. The molecule has 0 spiro atoms. The molecule has 0 unspecified atom stereocenters. The fourth-order valence-corrected chi connectivity index (χ4v) is 3.79.